The second-order valence-electron chi connectivity index (χ2n) is 4.84. The van der Waals surface area contributed by atoms with Crippen LogP contribution >= 0.6 is 0 Å². The van der Waals surface area contributed by atoms with E-state index in [-0.39, 0.29) is 18.2 Å². The number of nitrogen functional groups attached to an aromatic ring is 1. The second-order valence-corrected chi connectivity index (χ2v) is 4.84. The van der Waals surface area contributed by atoms with Crippen LogP contribution in [0.4, 0.5) is 11.5 Å². The number of nitrogens with zero attached hydrogens (tertiary/aromatic N) is 2. The minimum Gasteiger partial charge on any atom is -0.399 e. The number of benzene rings is 1. The van der Waals surface area contributed by atoms with Gasteiger partial charge in [-0.1, -0.05) is 0 Å². The quantitative estimate of drug-likeness (QED) is 0.627. The standard InChI is InChI=1S/C14H14N4O2/c1-18-13(19)7-11(14(18)20)17-12-5-2-8-6-9(15)3-4-10(8)16-12/h2-6,11H,7,15H2,1H3,(H,16,17). The number of imide groups is 1. The first kappa shape index (κ1) is 12.4. The number of fused-ring (bicyclic) bond motifs is 1. The van der Waals surface area contributed by atoms with E-state index in [0.29, 0.717) is 11.5 Å². The predicted molar refractivity (Wildman–Crippen MR) is 76.0 cm³/mol. The van der Waals surface area contributed by atoms with Gasteiger partial charge in [0.05, 0.1) is 11.9 Å². The van der Waals surface area contributed by atoms with Gasteiger partial charge in [-0.15, -0.1) is 0 Å². The van der Waals surface area contributed by atoms with Gasteiger partial charge in [0.15, 0.2) is 0 Å². The van der Waals surface area contributed by atoms with E-state index >= 15 is 0 Å². The number of nitrogens with two attached hydrogens (primary N) is 1. The van der Waals surface area contributed by atoms with Gasteiger partial charge >= 0.3 is 0 Å². The van der Waals surface area contributed by atoms with E-state index < -0.39 is 6.04 Å². The summed E-state index contributed by atoms with van der Waals surface area (Å²) < 4.78 is 0. The number of carbonyl (C=O) groups excluding carboxylic acids is 2. The molecule has 0 bridgehead atoms. The predicted octanol–water partition coefficient (Wildman–Crippen LogP) is 0.986. The van der Waals surface area contributed by atoms with Crippen molar-refractivity contribution in [2.75, 3.05) is 18.1 Å². The van der Waals surface area contributed by atoms with Gasteiger partial charge in [0.25, 0.3) is 5.91 Å². The van der Waals surface area contributed by atoms with E-state index in [4.69, 9.17) is 5.73 Å². The Morgan fingerprint density at radius 3 is 2.80 bits per heavy atom. The molecule has 2 aromatic rings. The molecule has 1 saturated heterocycles. The molecule has 20 heavy (non-hydrogen) atoms. The monoisotopic (exact) mass is 270 g/mol. The van der Waals surface area contributed by atoms with E-state index in [1.54, 1.807) is 12.1 Å². The van der Waals surface area contributed by atoms with Gasteiger partial charge in [-0.2, -0.15) is 0 Å². The van der Waals surface area contributed by atoms with Crippen LogP contribution in [0.25, 0.3) is 10.9 Å². The van der Waals surface area contributed by atoms with Crippen molar-refractivity contribution in [1.29, 1.82) is 0 Å². The topological polar surface area (TPSA) is 88.3 Å². The molecule has 6 heteroatoms. The molecule has 1 fully saturated rings. The Kier molecular flexibility index (Phi) is 2.78. The number of rotatable bonds is 2. The van der Waals surface area contributed by atoms with Crippen LogP contribution in [0.2, 0.25) is 0 Å². The summed E-state index contributed by atoms with van der Waals surface area (Å²) in [6.07, 6.45) is 0.163. The van der Waals surface area contributed by atoms with Crippen LogP contribution < -0.4 is 11.1 Å². The highest BCUT2D eigenvalue weighted by molar-refractivity contribution is 6.06. The Labute approximate surface area is 115 Å². The molecule has 1 aliphatic rings. The van der Waals surface area contributed by atoms with Crippen molar-refractivity contribution in [2.45, 2.75) is 12.5 Å². The van der Waals surface area contributed by atoms with Crippen LogP contribution in [0.5, 0.6) is 0 Å². The number of amides is 2. The zero-order chi connectivity index (χ0) is 14.3. The fourth-order valence-electron chi connectivity index (χ4n) is 2.27. The van der Waals surface area contributed by atoms with E-state index in [1.165, 1.54) is 7.05 Å². The molecular weight excluding hydrogens is 256 g/mol. The Morgan fingerprint density at radius 1 is 1.30 bits per heavy atom. The summed E-state index contributed by atoms with van der Waals surface area (Å²) in [6, 6.07) is 8.56. The number of likely N-dealkylation sites (tertiary alicyclic amines) is 1. The van der Waals surface area contributed by atoms with Crippen LogP contribution in [0, 0.1) is 0 Å². The van der Waals surface area contributed by atoms with Crippen LogP contribution in [-0.4, -0.2) is 34.8 Å². The van der Waals surface area contributed by atoms with Gasteiger partial charge in [0.1, 0.15) is 11.9 Å². The molecule has 1 unspecified atom stereocenters. The Bertz CT molecular complexity index is 713. The van der Waals surface area contributed by atoms with Crippen LogP contribution in [-0.2, 0) is 9.59 Å². The van der Waals surface area contributed by atoms with Crippen LogP contribution in [0.15, 0.2) is 30.3 Å². The highest BCUT2D eigenvalue weighted by Gasteiger charge is 2.36. The minimum absolute atomic E-state index is 0.163. The largest absolute Gasteiger partial charge is 0.399 e. The zero-order valence-corrected chi connectivity index (χ0v) is 11.0. The summed E-state index contributed by atoms with van der Waals surface area (Å²) in [6.45, 7) is 0. The van der Waals surface area contributed by atoms with Crippen molar-refractivity contribution in [3.63, 3.8) is 0 Å². The summed E-state index contributed by atoms with van der Waals surface area (Å²) in [5, 5.41) is 3.94. The molecule has 0 spiro atoms. The van der Waals surface area contributed by atoms with Gasteiger partial charge in [0.2, 0.25) is 5.91 Å². The Morgan fingerprint density at radius 2 is 2.10 bits per heavy atom. The third-order valence-corrected chi connectivity index (χ3v) is 3.42. The maximum Gasteiger partial charge on any atom is 0.251 e. The summed E-state index contributed by atoms with van der Waals surface area (Å²) in [5.74, 6) is 0.166. The molecule has 3 rings (SSSR count). The van der Waals surface area contributed by atoms with Gasteiger partial charge in [-0.25, -0.2) is 4.98 Å². The number of pyridine rings is 1. The zero-order valence-electron chi connectivity index (χ0n) is 11.0. The van der Waals surface area contributed by atoms with Gasteiger partial charge in [-0.05, 0) is 30.3 Å². The molecule has 3 N–H and O–H groups in total. The number of carbonyl (C=O) groups is 2. The lowest BCUT2D eigenvalue weighted by molar-refractivity contribution is -0.136. The second kappa shape index (κ2) is 4.48. The van der Waals surface area contributed by atoms with Crippen molar-refractivity contribution in [3.8, 4) is 0 Å². The first-order valence-corrected chi connectivity index (χ1v) is 6.28. The van der Waals surface area contributed by atoms with Crippen LogP contribution in [0.1, 0.15) is 6.42 Å². The van der Waals surface area contributed by atoms with Crippen molar-refractivity contribution in [2.24, 2.45) is 0 Å². The molecule has 2 amide bonds. The minimum atomic E-state index is -0.536. The van der Waals surface area contributed by atoms with Crippen LogP contribution in [0.3, 0.4) is 0 Å². The molecular formula is C14H14N4O2. The van der Waals surface area contributed by atoms with Crippen molar-refractivity contribution in [1.82, 2.24) is 9.88 Å². The Hall–Kier alpha value is -2.63. The van der Waals surface area contributed by atoms with Crippen molar-refractivity contribution >= 4 is 34.2 Å². The normalized spacial score (nSPS) is 18.9. The summed E-state index contributed by atoms with van der Waals surface area (Å²) in [4.78, 5) is 28.8. The summed E-state index contributed by atoms with van der Waals surface area (Å²) in [7, 11) is 1.49. The smallest absolute Gasteiger partial charge is 0.251 e. The average Bonchev–Trinajstić information content (AvgIpc) is 2.66. The lowest BCUT2D eigenvalue weighted by Crippen LogP contribution is -2.32. The maximum absolute atomic E-state index is 11.8. The molecule has 1 aliphatic heterocycles. The van der Waals surface area contributed by atoms with E-state index in [9.17, 15) is 9.59 Å². The molecule has 1 atom stereocenters. The molecule has 1 aromatic carbocycles. The number of hydrogen-bond donors (Lipinski definition) is 2. The number of nitrogens with one attached hydrogen (secondary N) is 1. The highest BCUT2D eigenvalue weighted by Crippen LogP contribution is 2.20. The van der Waals surface area contributed by atoms with E-state index in [0.717, 1.165) is 15.8 Å². The third-order valence-electron chi connectivity index (χ3n) is 3.42. The summed E-state index contributed by atoms with van der Waals surface area (Å²) >= 11 is 0. The van der Waals surface area contributed by atoms with Crippen molar-refractivity contribution in [3.05, 3.63) is 30.3 Å². The lowest BCUT2D eigenvalue weighted by Gasteiger charge is -2.12. The lowest BCUT2D eigenvalue weighted by atomic mass is 10.2. The summed E-state index contributed by atoms with van der Waals surface area (Å²) in [5.41, 5.74) is 7.18. The van der Waals surface area contributed by atoms with Gasteiger partial charge in [0, 0.05) is 18.1 Å². The van der Waals surface area contributed by atoms with Gasteiger partial charge in [-0.3, -0.25) is 14.5 Å². The number of likely N-dealkylation sites (N-methyl/N-ethyl adjacent to an activating group) is 1. The number of hydrogen-bond acceptors (Lipinski definition) is 5. The molecule has 6 nitrogen and oxygen atoms in total. The maximum atomic E-state index is 11.8. The molecule has 0 saturated carbocycles. The fourth-order valence-corrected chi connectivity index (χ4v) is 2.27. The first-order valence-electron chi connectivity index (χ1n) is 6.28. The molecule has 2 heterocycles. The highest BCUT2D eigenvalue weighted by atomic mass is 16.2. The molecule has 0 radical (unpaired) electrons. The Balaban J connectivity index is 1.87. The number of anilines is 2. The molecule has 0 aliphatic carbocycles. The first-order chi connectivity index (χ1) is 9.54. The van der Waals surface area contributed by atoms with Crippen molar-refractivity contribution < 1.29 is 9.59 Å². The van der Waals surface area contributed by atoms with E-state index in [2.05, 4.69) is 10.3 Å². The molecule has 1 aromatic heterocycles. The third kappa shape index (κ3) is 2.05. The average molecular weight is 270 g/mol. The molecule has 102 valence electrons. The fraction of sp³-hybridized carbons (Fsp3) is 0.214. The SMILES string of the molecule is CN1C(=O)CC(Nc2ccc3cc(N)ccc3n2)C1=O. The van der Waals surface area contributed by atoms with E-state index in [1.807, 2.05) is 18.2 Å². The van der Waals surface area contributed by atoms with Gasteiger partial charge < -0.3 is 11.1 Å². The number of aromatic nitrogens is 1.